The molecule has 0 radical (unpaired) electrons. The number of aromatic amines is 1. The van der Waals surface area contributed by atoms with Gasteiger partial charge in [0, 0.05) is 37.7 Å². The first-order valence-corrected chi connectivity index (χ1v) is 13.7. The van der Waals surface area contributed by atoms with Crippen molar-refractivity contribution in [3.05, 3.63) is 132 Å². The maximum absolute atomic E-state index is 13.6. The largest absolute Gasteiger partial charge is 0.365 e. The Hall–Kier alpha value is -4.84. The minimum atomic E-state index is -0.106. The monoisotopic (exact) mass is 529 g/mol. The van der Waals surface area contributed by atoms with E-state index in [-0.39, 0.29) is 5.91 Å². The molecule has 0 saturated heterocycles. The second-order valence-corrected chi connectivity index (χ2v) is 9.80. The van der Waals surface area contributed by atoms with Crippen LogP contribution in [0.25, 0.3) is 11.1 Å². The highest BCUT2D eigenvalue weighted by atomic mass is 16.1. The zero-order valence-electron chi connectivity index (χ0n) is 23.0. The van der Waals surface area contributed by atoms with Crippen LogP contribution in [0.3, 0.4) is 0 Å². The Kier molecular flexibility index (Phi) is 8.57. The molecule has 6 heteroatoms. The van der Waals surface area contributed by atoms with Crippen molar-refractivity contribution in [2.45, 2.75) is 26.4 Å². The second kappa shape index (κ2) is 12.8. The lowest BCUT2D eigenvalue weighted by atomic mass is 10.0. The molecule has 6 nitrogen and oxygen atoms in total. The number of nitrogens with zero attached hydrogens (tertiary/aromatic N) is 3. The van der Waals surface area contributed by atoms with Gasteiger partial charge in [0.05, 0.1) is 29.8 Å². The third-order valence-corrected chi connectivity index (χ3v) is 7.03. The second-order valence-electron chi connectivity index (χ2n) is 9.80. The van der Waals surface area contributed by atoms with Gasteiger partial charge in [-0.15, -0.1) is 0 Å². The first-order valence-electron chi connectivity index (χ1n) is 13.7. The molecule has 2 N–H and O–H groups in total. The molecule has 0 fully saturated rings. The fourth-order valence-electron chi connectivity index (χ4n) is 5.00. The topological polar surface area (TPSA) is 64.3 Å². The van der Waals surface area contributed by atoms with E-state index >= 15 is 0 Å². The third-order valence-electron chi connectivity index (χ3n) is 7.03. The summed E-state index contributed by atoms with van der Waals surface area (Å²) in [5.74, 6) is -0.106. The normalized spacial score (nSPS) is 10.8. The molecular weight excluding hydrogens is 494 g/mol. The van der Waals surface area contributed by atoms with Gasteiger partial charge in [0.15, 0.2) is 0 Å². The van der Waals surface area contributed by atoms with Crippen LogP contribution < -0.4 is 15.1 Å². The fourth-order valence-corrected chi connectivity index (χ4v) is 5.00. The van der Waals surface area contributed by atoms with Crippen molar-refractivity contribution in [1.29, 1.82) is 0 Å². The molecule has 5 rings (SSSR count). The average Bonchev–Trinajstić information content (AvgIpc) is 3.53. The van der Waals surface area contributed by atoms with Crippen molar-refractivity contribution in [3.63, 3.8) is 0 Å². The van der Waals surface area contributed by atoms with Crippen LogP contribution in [0.5, 0.6) is 0 Å². The first-order chi connectivity index (χ1) is 19.6. The molecule has 0 aliphatic carbocycles. The van der Waals surface area contributed by atoms with E-state index in [0.29, 0.717) is 18.7 Å². The molecule has 202 valence electrons. The smallest absolute Gasteiger partial charge is 0.253 e. The van der Waals surface area contributed by atoms with Gasteiger partial charge >= 0.3 is 0 Å². The summed E-state index contributed by atoms with van der Waals surface area (Å²) >= 11 is 0. The van der Waals surface area contributed by atoms with E-state index in [2.05, 4.69) is 57.4 Å². The van der Waals surface area contributed by atoms with Crippen LogP contribution in [0.15, 0.2) is 116 Å². The zero-order valence-corrected chi connectivity index (χ0v) is 23.0. The molecule has 5 aromatic rings. The number of imidazole rings is 1. The molecule has 0 atom stereocenters. The van der Waals surface area contributed by atoms with Crippen molar-refractivity contribution in [1.82, 2.24) is 15.3 Å². The minimum absolute atomic E-state index is 0.106. The van der Waals surface area contributed by atoms with Crippen molar-refractivity contribution < 1.29 is 4.79 Å². The van der Waals surface area contributed by atoms with Gasteiger partial charge in [-0.05, 0) is 59.5 Å². The summed E-state index contributed by atoms with van der Waals surface area (Å²) in [6.07, 6.45) is 4.57. The quantitative estimate of drug-likeness (QED) is 0.190. The number of nitrogens with one attached hydrogen (secondary N) is 2. The highest BCUT2D eigenvalue weighted by Crippen LogP contribution is 2.30. The molecular formula is C34H35N5O. The lowest BCUT2D eigenvalue weighted by Gasteiger charge is -2.27. The predicted octanol–water partition coefficient (Wildman–Crippen LogP) is 7.19. The van der Waals surface area contributed by atoms with Crippen LogP contribution in [0.4, 0.5) is 17.1 Å². The van der Waals surface area contributed by atoms with Gasteiger partial charge in [-0.3, -0.25) is 4.79 Å². The lowest BCUT2D eigenvalue weighted by Crippen LogP contribution is -2.28. The van der Waals surface area contributed by atoms with Crippen LogP contribution in [0, 0.1) is 0 Å². The number of carbonyl (C=O) groups is 1. The zero-order chi connectivity index (χ0) is 27.7. The number of rotatable bonds is 11. The molecule has 0 unspecified atom stereocenters. The Morgan fingerprint density at radius 1 is 0.850 bits per heavy atom. The number of benzene rings is 4. The number of anilines is 3. The summed E-state index contributed by atoms with van der Waals surface area (Å²) in [4.78, 5) is 25.4. The van der Waals surface area contributed by atoms with Crippen molar-refractivity contribution in [2.24, 2.45) is 0 Å². The SMILES string of the molecule is CCCN(Cc1cnc[nH]1)c1ccc(-c2ccccc2)cc1CNC(=O)c1ccccc1N(C)c1ccccc1. The summed E-state index contributed by atoms with van der Waals surface area (Å²) < 4.78 is 0. The third kappa shape index (κ3) is 6.24. The average molecular weight is 530 g/mol. The number of H-pyrrole nitrogens is 1. The predicted molar refractivity (Wildman–Crippen MR) is 164 cm³/mol. The summed E-state index contributed by atoms with van der Waals surface area (Å²) in [6.45, 7) is 4.18. The maximum Gasteiger partial charge on any atom is 0.253 e. The van der Waals surface area contributed by atoms with Gasteiger partial charge in [0.1, 0.15) is 0 Å². The van der Waals surface area contributed by atoms with Gasteiger partial charge in [-0.1, -0.05) is 73.7 Å². The van der Waals surface area contributed by atoms with E-state index in [1.165, 1.54) is 0 Å². The summed E-state index contributed by atoms with van der Waals surface area (Å²) in [6, 6.07) is 34.7. The molecule has 1 amide bonds. The Bertz CT molecular complexity index is 1520. The van der Waals surface area contributed by atoms with Crippen LogP contribution in [-0.2, 0) is 13.1 Å². The van der Waals surface area contributed by atoms with Crippen LogP contribution in [0.2, 0.25) is 0 Å². The molecule has 4 aromatic carbocycles. The standard InChI is InChI=1S/C34H35N5O/c1-3-20-39(24-29-23-35-25-37-29)32-19-18-27(26-12-6-4-7-13-26)21-28(32)22-36-34(40)31-16-10-11-17-33(31)38(2)30-14-8-5-9-15-30/h4-19,21,23,25H,3,20,22,24H2,1-2H3,(H,35,37)(H,36,40). The number of carbonyl (C=O) groups excluding carboxylic acids is 1. The summed E-state index contributed by atoms with van der Waals surface area (Å²) in [7, 11) is 1.99. The van der Waals surface area contributed by atoms with Gasteiger partial charge in [0.2, 0.25) is 0 Å². The van der Waals surface area contributed by atoms with Crippen molar-refractivity contribution in [2.75, 3.05) is 23.4 Å². The molecule has 40 heavy (non-hydrogen) atoms. The maximum atomic E-state index is 13.6. The lowest BCUT2D eigenvalue weighted by molar-refractivity contribution is 0.0951. The van der Waals surface area contributed by atoms with Gasteiger partial charge in [-0.25, -0.2) is 4.98 Å². The van der Waals surface area contributed by atoms with E-state index in [0.717, 1.165) is 52.4 Å². The van der Waals surface area contributed by atoms with Gasteiger partial charge in [-0.2, -0.15) is 0 Å². The van der Waals surface area contributed by atoms with E-state index in [1.54, 1.807) is 6.33 Å². The number of hydrogen-bond acceptors (Lipinski definition) is 4. The van der Waals surface area contributed by atoms with E-state index in [4.69, 9.17) is 0 Å². The molecule has 0 saturated carbocycles. The molecule has 0 spiro atoms. The van der Waals surface area contributed by atoms with E-state index < -0.39 is 0 Å². The Balaban J connectivity index is 1.45. The van der Waals surface area contributed by atoms with E-state index in [9.17, 15) is 4.79 Å². The van der Waals surface area contributed by atoms with E-state index in [1.807, 2.05) is 90.9 Å². The highest BCUT2D eigenvalue weighted by Gasteiger charge is 2.18. The number of hydrogen-bond donors (Lipinski definition) is 2. The molecule has 0 aliphatic heterocycles. The summed E-state index contributed by atoms with van der Waals surface area (Å²) in [5.41, 5.74) is 8.00. The van der Waals surface area contributed by atoms with Crippen LogP contribution in [-0.4, -0.2) is 29.5 Å². The molecule has 1 aromatic heterocycles. The van der Waals surface area contributed by atoms with Crippen molar-refractivity contribution in [3.8, 4) is 11.1 Å². The number of aromatic nitrogens is 2. The fraction of sp³-hybridized carbons (Fsp3) is 0.176. The van der Waals surface area contributed by atoms with Crippen LogP contribution in [0.1, 0.15) is 35.0 Å². The summed E-state index contributed by atoms with van der Waals surface area (Å²) in [5, 5.41) is 3.22. The van der Waals surface area contributed by atoms with Gasteiger partial charge in [0.25, 0.3) is 5.91 Å². The van der Waals surface area contributed by atoms with Crippen molar-refractivity contribution >= 4 is 23.0 Å². The Morgan fingerprint density at radius 2 is 1.57 bits per heavy atom. The minimum Gasteiger partial charge on any atom is -0.365 e. The Labute approximate surface area is 236 Å². The number of amides is 1. The first kappa shape index (κ1) is 26.8. The highest BCUT2D eigenvalue weighted by molar-refractivity contribution is 6.00. The molecule has 1 heterocycles. The van der Waals surface area contributed by atoms with Gasteiger partial charge < -0.3 is 20.1 Å². The number of para-hydroxylation sites is 2. The molecule has 0 bridgehead atoms. The molecule has 0 aliphatic rings. The Morgan fingerprint density at radius 3 is 2.30 bits per heavy atom. The van der Waals surface area contributed by atoms with Crippen LogP contribution >= 0.6 is 0 Å².